The van der Waals surface area contributed by atoms with E-state index in [-0.39, 0.29) is 25.0 Å². The minimum Gasteiger partial charge on any atom is -0.480 e. The van der Waals surface area contributed by atoms with Crippen molar-refractivity contribution in [1.29, 1.82) is 0 Å². The molecule has 0 aromatic heterocycles. The smallest absolute Gasteiger partial charge is 0.326 e. The molecule has 0 fully saturated rings. The summed E-state index contributed by atoms with van der Waals surface area (Å²) < 4.78 is 0. The molecule has 0 aliphatic rings. The predicted molar refractivity (Wildman–Crippen MR) is 149 cm³/mol. The summed E-state index contributed by atoms with van der Waals surface area (Å²) >= 11 is 1.74. The van der Waals surface area contributed by atoms with E-state index in [1.54, 1.807) is 23.9 Å². The number of carboxylic acids is 1. The van der Waals surface area contributed by atoms with Crippen LogP contribution < -0.4 is 5.32 Å². The van der Waals surface area contributed by atoms with Gasteiger partial charge in [0, 0.05) is 35.6 Å². The van der Waals surface area contributed by atoms with Crippen molar-refractivity contribution in [3.05, 3.63) is 90.0 Å². The second-order valence-electron chi connectivity index (χ2n) is 8.75. The van der Waals surface area contributed by atoms with Gasteiger partial charge in [-0.3, -0.25) is 14.5 Å². The van der Waals surface area contributed by atoms with Crippen molar-refractivity contribution in [3.8, 4) is 11.1 Å². The van der Waals surface area contributed by atoms with Crippen molar-refractivity contribution in [2.75, 3.05) is 19.0 Å². The molecule has 0 saturated heterocycles. The van der Waals surface area contributed by atoms with E-state index in [0.29, 0.717) is 5.56 Å². The lowest BCUT2D eigenvalue weighted by Gasteiger charge is -2.17. The molecule has 0 saturated carbocycles. The van der Waals surface area contributed by atoms with Crippen LogP contribution in [0, 0.1) is 0 Å². The number of Topliss-reactive ketones (excluding diaryl/α,β-unsaturated/α-hetero) is 1. The van der Waals surface area contributed by atoms with Crippen molar-refractivity contribution >= 4 is 29.4 Å². The Balaban J connectivity index is 1.49. The van der Waals surface area contributed by atoms with Crippen LogP contribution in [0.1, 0.15) is 42.6 Å². The van der Waals surface area contributed by atoms with E-state index >= 15 is 0 Å². The number of hydrogen-bond donors (Lipinski definition) is 2. The molecule has 37 heavy (non-hydrogen) atoms. The van der Waals surface area contributed by atoms with Crippen molar-refractivity contribution in [1.82, 2.24) is 10.2 Å². The van der Waals surface area contributed by atoms with Gasteiger partial charge in [0.2, 0.25) is 5.91 Å². The molecule has 3 aromatic carbocycles. The Labute approximate surface area is 223 Å². The molecule has 0 aliphatic heterocycles. The van der Waals surface area contributed by atoms with Gasteiger partial charge in [-0.15, -0.1) is 11.8 Å². The van der Waals surface area contributed by atoms with Crippen molar-refractivity contribution in [3.63, 3.8) is 0 Å². The maximum absolute atomic E-state index is 12.6. The van der Waals surface area contributed by atoms with Gasteiger partial charge in [-0.25, -0.2) is 4.79 Å². The third kappa shape index (κ3) is 8.88. The van der Waals surface area contributed by atoms with Crippen LogP contribution in [0.2, 0.25) is 0 Å². The largest absolute Gasteiger partial charge is 0.480 e. The second-order valence-corrected chi connectivity index (χ2v) is 9.77. The summed E-state index contributed by atoms with van der Waals surface area (Å²) in [5, 5.41) is 12.2. The molecule has 0 heterocycles. The Morgan fingerprint density at radius 3 is 2.05 bits per heavy atom. The predicted octanol–water partition coefficient (Wildman–Crippen LogP) is 5.52. The average Bonchev–Trinajstić information content (AvgIpc) is 2.93. The number of aliphatic carboxylic acids is 1. The van der Waals surface area contributed by atoms with Crippen molar-refractivity contribution in [2.24, 2.45) is 0 Å². The van der Waals surface area contributed by atoms with Gasteiger partial charge in [0.05, 0.1) is 0 Å². The number of ketones is 1. The number of thioether (sulfide) groups is 1. The first-order valence-corrected chi connectivity index (χ1v) is 13.5. The number of benzene rings is 3. The van der Waals surface area contributed by atoms with Crippen LogP contribution in [-0.4, -0.2) is 52.7 Å². The molecule has 1 amide bonds. The number of rotatable bonds is 14. The molecule has 1 atom stereocenters. The van der Waals surface area contributed by atoms with Crippen LogP contribution in [0.25, 0.3) is 11.1 Å². The summed E-state index contributed by atoms with van der Waals surface area (Å²) in [6.07, 6.45) is 0.127. The number of nitrogens with zero attached hydrogens (tertiary/aromatic N) is 1. The molecular formula is C30H34N2O4S. The Morgan fingerprint density at radius 2 is 1.46 bits per heavy atom. The molecular weight excluding hydrogens is 484 g/mol. The molecule has 7 heteroatoms. The topological polar surface area (TPSA) is 86.7 Å². The first kappa shape index (κ1) is 28.2. The third-order valence-corrected chi connectivity index (χ3v) is 7.30. The molecule has 2 N–H and O–H groups in total. The number of carbonyl (C=O) groups excluding carboxylic acids is 2. The lowest BCUT2D eigenvalue weighted by Crippen LogP contribution is -2.42. The van der Waals surface area contributed by atoms with E-state index in [1.165, 1.54) is 0 Å². The summed E-state index contributed by atoms with van der Waals surface area (Å²) in [5.74, 6) is -0.806. The molecule has 0 bridgehead atoms. The number of amides is 1. The minimum atomic E-state index is -1.10. The molecule has 0 spiro atoms. The van der Waals surface area contributed by atoms with Gasteiger partial charge < -0.3 is 10.4 Å². The van der Waals surface area contributed by atoms with E-state index in [0.717, 1.165) is 40.6 Å². The Hall–Kier alpha value is -3.42. The fraction of sp³-hybridized carbons (Fsp3) is 0.300. The Morgan fingerprint density at radius 1 is 0.838 bits per heavy atom. The third-order valence-electron chi connectivity index (χ3n) is 6.20. The van der Waals surface area contributed by atoms with Gasteiger partial charge in [0.25, 0.3) is 0 Å². The maximum atomic E-state index is 12.6. The summed E-state index contributed by atoms with van der Waals surface area (Å²) in [7, 11) is 0. The van der Waals surface area contributed by atoms with Crippen LogP contribution in [-0.2, 0) is 16.0 Å². The SMILES string of the molecule is CCN(CC)CSc1ccc(C[C@H](NC(=O)CCC(=O)c2ccc(-c3ccccc3)cc2)C(=O)O)cc1. The fourth-order valence-electron chi connectivity index (χ4n) is 3.85. The number of nitrogens with one attached hydrogen (secondary N) is 1. The van der Waals surface area contributed by atoms with Gasteiger partial charge in [0.1, 0.15) is 6.04 Å². The summed E-state index contributed by atoms with van der Waals surface area (Å²) in [6.45, 7) is 6.25. The van der Waals surface area contributed by atoms with Crippen LogP contribution >= 0.6 is 11.8 Å². The van der Waals surface area contributed by atoms with E-state index in [9.17, 15) is 19.5 Å². The minimum absolute atomic E-state index is 0.0152. The molecule has 0 aliphatic carbocycles. The van der Waals surface area contributed by atoms with Gasteiger partial charge >= 0.3 is 5.97 Å². The lowest BCUT2D eigenvalue weighted by atomic mass is 10.0. The van der Waals surface area contributed by atoms with Gasteiger partial charge in [-0.2, -0.15) is 0 Å². The van der Waals surface area contributed by atoms with Crippen molar-refractivity contribution < 1.29 is 19.5 Å². The zero-order chi connectivity index (χ0) is 26.6. The normalized spacial score (nSPS) is 11.8. The average molecular weight is 519 g/mol. The van der Waals surface area contributed by atoms with E-state index < -0.39 is 17.9 Å². The molecule has 3 rings (SSSR count). The standard InChI is InChI=1S/C30H34N2O4S/c1-3-32(4-2)21-37-26-16-10-22(11-17-26)20-27(30(35)36)31-29(34)19-18-28(33)25-14-12-24(13-15-25)23-8-6-5-7-9-23/h5-17,27H,3-4,18-21H2,1-2H3,(H,31,34)(H,35,36)/t27-/m0/s1. The lowest BCUT2D eigenvalue weighted by molar-refractivity contribution is -0.141. The highest BCUT2D eigenvalue weighted by Crippen LogP contribution is 2.21. The summed E-state index contributed by atoms with van der Waals surface area (Å²) in [5.41, 5.74) is 3.43. The first-order valence-electron chi connectivity index (χ1n) is 12.5. The number of carbonyl (C=O) groups is 3. The van der Waals surface area contributed by atoms with Crippen LogP contribution in [0.15, 0.2) is 83.8 Å². The molecule has 0 radical (unpaired) electrons. The highest BCUT2D eigenvalue weighted by Gasteiger charge is 2.21. The highest BCUT2D eigenvalue weighted by atomic mass is 32.2. The van der Waals surface area contributed by atoms with E-state index in [1.807, 2.05) is 66.7 Å². The Kier molecular flexibility index (Phi) is 10.9. The zero-order valence-electron chi connectivity index (χ0n) is 21.4. The molecule has 6 nitrogen and oxygen atoms in total. The fourth-order valence-corrected chi connectivity index (χ4v) is 4.87. The van der Waals surface area contributed by atoms with Crippen LogP contribution in [0.3, 0.4) is 0 Å². The quantitative estimate of drug-likeness (QED) is 0.166. The van der Waals surface area contributed by atoms with E-state index in [2.05, 4.69) is 24.1 Å². The van der Waals surface area contributed by atoms with Gasteiger partial charge in [-0.05, 0) is 41.9 Å². The second kappa shape index (κ2) is 14.4. The number of hydrogen-bond acceptors (Lipinski definition) is 5. The van der Waals surface area contributed by atoms with Crippen molar-refractivity contribution in [2.45, 2.75) is 44.0 Å². The molecule has 0 unspecified atom stereocenters. The van der Waals surface area contributed by atoms with Crippen LogP contribution in [0.5, 0.6) is 0 Å². The monoisotopic (exact) mass is 518 g/mol. The highest BCUT2D eigenvalue weighted by molar-refractivity contribution is 7.99. The zero-order valence-corrected chi connectivity index (χ0v) is 22.2. The molecule has 194 valence electrons. The maximum Gasteiger partial charge on any atom is 0.326 e. The first-order chi connectivity index (χ1) is 17.9. The van der Waals surface area contributed by atoms with E-state index in [4.69, 9.17) is 0 Å². The van der Waals surface area contributed by atoms with Gasteiger partial charge in [0.15, 0.2) is 5.78 Å². The van der Waals surface area contributed by atoms with Crippen LogP contribution in [0.4, 0.5) is 0 Å². The number of carboxylic acid groups (broad SMARTS) is 1. The molecule has 3 aromatic rings. The summed E-state index contributed by atoms with van der Waals surface area (Å²) in [4.78, 5) is 40.2. The Bertz CT molecular complexity index is 1160. The van der Waals surface area contributed by atoms with Gasteiger partial charge in [-0.1, -0.05) is 80.6 Å². The summed E-state index contributed by atoms with van der Waals surface area (Å²) in [6, 6.07) is 23.9.